The highest BCUT2D eigenvalue weighted by atomic mass is 31.4. The molecule has 0 N–H and O–H groups in total. The van der Waals surface area contributed by atoms with Crippen molar-refractivity contribution < 1.29 is 0 Å². The molecule has 5 aromatic rings. The molecule has 320 valence electrons. The van der Waals surface area contributed by atoms with Gasteiger partial charge in [-0.1, -0.05) is 222 Å². The third-order valence-corrected chi connectivity index (χ3v) is 29.6. The summed E-state index contributed by atoms with van der Waals surface area (Å²) in [5.74, 6) is 3.79. The van der Waals surface area contributed by atoms with Crippen LogP contribution in [0.15, 0.2) is 97.1 Å². The normalized spacial score (nSPS) is 12.3. The van der Waals surface area contributed by atoms with E-state index in [9.17, 15) is 0 Å². The minimum atomic E-state index is -1.58. The molecule has 3 heteroatoms. The Labute approximate surface area is 372 Å². The lowest BCUT2D eigenvalue weighted by atomic mass is 9.89. The minimum absolute atomic E-state index is 0.400. The molecule has 0 radical (unpaired) electrons. The number of rotatable bonds is 15. The molecule has 0 unspecified atom stereocenters. The molecule has 5 rings (SSSR count). The molecule has 0 spiro atoms. The molecule has 0 aliphatic carbocycles. The Bertz CT molecular complexity index is 2050. The van der Waals surface area contributed by atoms with Crippen LogP contribution in [0.25, 0.3) is 0 Å². The van der Waals surface area contributed by atoms with Crippen molar-refractivity contribution in [1.29, 1.82) is 0 Å². The van der Waals surface area contributed by atoms with Gasteiger partial charge >= 0.3 is 0 Å². The van der Waals surface area contributed by atoms with Crippen LogP contribution < -0.4 is 26.2 Å². The summed E-state index contributed by atoms with van der Waals surface area (Å²) in [6.45, 7) is 44.2. The van der Waals surface area contributed by atoms with Crippen LogP contribution in [0.2, 0.25) is 0 Å². The molecule has 0 nitrogen and oxygen atoms in total. The van der Waals surface area contributed by atoms with Crippen LogP contribution in [-0.4, -0.2) is 15.4 Å². The van der Waals surface area contributed by atoms with Crippen LogP contribution in [0.3, 0.4) is 0 Å². The maximum Gasteiger partial charge on any atom is 0.0742 e. The molecular formula is C57H79PSi2. The van der Waals surface area contributed by atoms with Crippen LogP contribution in [0.1, 0.15) is 228 Å². The first-order valence-corrected chi connectivity index (χ1v) is 29.6. The fourth-order valence-electron chi connectivity index (χ4n) is 8.99. The van der Waals surface area contributed by atoms with Crippen LogP contribution >= 0.6 is 7.47 Å². The summed E-state index contributed by atoms with van der Waals surface area (Å²) in [5.41, 5.74) is 14.1. The topological polar surface area (TPSA) is 0 Å². The van der Waals surface area contributed by atoms with E-state index in [4.69, 9.17) is 0 Å². The quantitative estimate of drug-likeness (QED) is 0.0727. The van der Waals surface area contributed by atoms with Gasteiger partial charge in [0.05, 0.1) is 15.4 Å². The van der Waals surface area contributed by atoms with Crippen LogP contribution in [0.5, 0.6) is 0 Å². The van der Waals surface area contributed by atoms with Crippen LogP contribution in [-0.2, 0) is 0 Å². The minimum Gasteiger partial charge on any atom is -0.0622 e. The van der Waals surface area contributed by atoms with Crippen LogP contribution in [0, 0.1) is 0 Å². The van der Waals surface area contributed by atoms with Gasteiger partial charge in [0.15, 0.2) is 0 Å². The van der Waals surface area contributed by atoms with E-state index in [2.05, 4.69) is 222 Å². The van der Waals surface area contributed by atoms with E-state index in [1.165, 1.54) is 27.3 Å². The lowest BCUT2D eigenvalue weighted by Gasteiger charge is -2.35. The fraction of sp³-hybridized carbons (Fsp3) is 0.474. The Morgan fingerprint density at radius 1 is 0.300 bits per heavy atom. The predicted molar refractivity (Wildman–Crippen MR) is 276 cm³/mol. The Balaban J connectivity index is 2.36. The highest BCUT2D eigenvalue weighted by Gasteiger charge is 2.36. The summed E-state index contributed by atoms with van der Waals surface area (Å²) in [6, 6.07) is 39.8. The van der Waals surface area contributed by atoms with Gasteiger partial charge in [-0.3, -0.25) is 0 Å². The lowest BCUT2D eigenvalue weighted by molar-refractivity contribution is 0.810. The maximum atomic E-state index is 2.68. The zero-order chi connectivity index (χ0) is 44.3. The molecule has 0 aromatic heterocycles. The Morgan fingerprint density at radius 3 is 0.750 bits per heavy atom. The molecule has 0 heterocycles. The second-order valence-electron chi connectivity index (χ2n) is 20.3. The second-order valence-corrected chi connectivity index (χ2v) is 31.9. The number of benzene rings is 5. The van der Waals surface area contributed by atoms with Gasteiger partial charge < -0.3 is 0 Å². The molecular weight excluding hydrogens is 772 g/mol. The van der Waals surface area contributed by atoms with Crippen molar-refractivity contribution in [1.82, 2.24) is 0 Å². The zero-order valence-electron chi connectivity index (χ0n) is 40.9. The zero-order valence-corrected chi connectivity index (χ0v) is 43.8. The van der Waals surface area contributed by atoms with Crippen molar-refractivity contribution in [2.75, 3.05) is 0 Å². The first-order valence-electron chi connectivity index (χ1n) is 23.4. The van der Waals surface area contributed by atoms with Gasteiger partial charge in [0.1, 0.15) is 0 Å². The van der Waals surface area contributed by atoms with Gasteiger partial charge in [-0.25, -0.2) is 0 Å². The molecule has 0 aliphatic heterocycles. The number of hydrogen-bond acceptors (Lipinski definition) is 0. The van der Waals surface area contributed by atoms with Crippen molar-refractivity contribution in [2.45, 2.75) is 178 Å². The molecule has 0 atom stereocenters. The Hall–Kier alpha value is -3.04. The molecule has 0 bridgehead atoms. The summed E-state index contributed by atoms with van der Waals surface area (Å²) >= 11 is 0. The molecule has 0 fully saturated rings. The van der Waals surface area contributed by atoms with Crippen molar-refractivity contribution >= 4 is 49.1 Å². The Morgan fingerprint density at radius 2 is 0.533 bits per heavy atom. The highest BCUT2D eigenvalue weighted by molar-refractivity contribution is 8.04. The summed E-state index contributed by atoms with van der Waals surface area (Å²) in [4.78, 5) is 0. The molecule has 0 saturated carbocycles. The van der Waals surface area contributed by atoms with Gasteiger partial charge in [-0.05, 0) is 137 Å². The van der Waals surface area contributed by atoms with E-state index >= 15 is 0 Å². The molecule has 0 saturated heterocycles. The van der Waals surface area contributed by atoms with Crippen molar-refractivity contribution in [3.8, 4) is 0 Å². The smallest absolute Gasteiger partial charge is 0.0622 e. The monoisotopic (exact) mass is 851 g/mol. The first kappa shape index (κ1) is 48.0. The Kier molecular flexibility index (Phi) is 16.3. The fourth-order valence-corrected chi connectivity index (χ4v) is 31.7. The SMILES string of the molecule is CC(C)c1cc(C(C)C)c([Si](c2c(C(C)C)cc(C(C)C)cc2C(C)C)=[Si](c2c(C(C)C)cc(C(C)C)cc2C(C)C)P(c2ccccc2)c2ccccc2)c(C(C)C)c1. The van der Waals surface area contributed by atoms with Crippen molar-refractivity contribution in [3.63, 3.8) is 0 Å². The maximum absolute atomic E-state index is 2.68. The average molecular weight is 851 g/mol. The highest BCUT2D eigenvalue weighted by Crippen LogP contribution is 2.39. The lowest BCUT2D eigenvalue weighted by Crippen LogP contribution is -2.54. The second kappa shape index (κ2) is 20.4. The molecule has 60 heavy (non-hydrogen) atoms. The largest absolute Gasteiger partial charge is 0.0742 e. The van der Waals surface area contributed by atoms with Gasteiger partial charge in [0.25, 0.3) is 0 Å². The summed E-state index contributed by atoms with van der Waals surface area (Å²) in [5, 5.41) is 8.28. The molecule has 0 aliphatic rings. The summed E-state index contributed by atoms with van der Waals surface area (Å²) in [7, 11) is -3.90. The summed E-state index contributed by atoms with van der Waals surface area (Å²) in [6.07, 6.45) is 0. The number of hydrogen-bond donors (Lipinski definition) is 0. The van der Waals surface area contributed by atoms with E-state index in [0.29, 0.717) is 53.3 Å². The van der Waals surface area contributed by atoms with Crippen molar-refractivity contribution in [2.24, 2.45) is 0 Å². The standard InChI is InChI=1S/C57H79PSi2/c1-35(2)44-29-49(38(7)8)55(50(30-44)39(9)10)59(56-51(40(11)12)31-45(36(3)4)32-52(56)41(13)14)60(58(47-25-21-19-22-26-47)48-27-23-20-24-28-48)57-53(42(15)16)33-46(37(5)6)34-54(57)43(17)18/h19-43H,1-18H3. The summed E-state index contributed by atoms with van der Waals surface area (Å²) < 4.78 is 0. The van der Waals surface area contributed by atoms with E-state index in [1.807, 2.05) is 0 Å². The van der Waals surface area contributed by atoms with Gasteiger partial charge in [0.2, 0.25) is 0 Å². The van der Waals surface area contributed by atoms with Crippen LogP contribution in [0.4, 0.5) is 0 Å². The van der Waals surface area contributed by atoms with E-state index in [-0.39, 0.29) is 0 Å². The van der Waals surface area contributed by atoms with E-state index < -0.39 is 22.9 Å². The van der Waals surface area contributed by atoms with Crippen molar-refractivity contribution in [3.05, 3.63) is 147 Å². The third-order valence-electron chi connectivity index (χ3n) is 12.6. The van der Waals surface area contributed by atoms with E-state index in [0.717, 1.165) is 0 Å². The average Bonchev–Trinajstić information content (AvgIpc) is 3.19. The predicted octanol–water partition coefficient (Wildman–Crippen LogP) is 14.5. The van der Waals surface area contributed by atoms with Gasteiger partial charge in [-0.15, -0.1) is 0 Å². The van der Waals surface area contributed by atoms with E-state index in [1.54, 1.807) is 48.9 Å². The van der Waals surface area contributed by atoms with Gasteiger partial charge in [-0.2, -0.15) is 0 Å². The third kappa shape index (κ3) is 10.2. The first-order chi connectivity index (χ1) is 28.3. The molecule has 5 aromatic carbocycles. The molecule has 0 amide bonds. The van der Waals surface area contributed by atoms with Gasteiger partial charge in [0, 0.05) is 0 Å².